The zero-order valence-electron chi connectivity index (χ0n) is 9.42. The van der Waals surface area contributed by atoms with E-state index in [0.29, 0.717) is 0 Å². The Morgan fingerprint density at radius 1 is 0.875 bits per heavy atom. The second-order valence-electron chi connectivity index (χ2n) is 4.83. The van der Waals surface area contributed by atoms with Crippen LogP contribution in [0.3, 0.4) is 0 Å². The summed E-state index contributed by atoms with van der Waals surface area (Å²) in [5.74, 6) is 0. The first kappa shape index (κ1) is 9.92. The Balaban J connectivity index is 2.45. The highest BCUT2D eigenvalue weighted by Crippen LogP contribution is 2.50. The quantitative estimate of drug-likeness (QED) is 0.616. The monoisotopic (exact) mass is 228 g/mol. The van der Waals surface area contributed by atoms with Crippen molar-refractivity contribution < 1.29 is 0 Å². The maximum atomic E-state index is 6.32. The van der Waals surface area contributed by atoms with Crippen molar-refractivity contribution in [3.05, 3.63) is 58.6 Å². The molecule has 0 radical (unpaired) electrons. The molecule has 2 aromatic carbocycles. The van der Waals surface area contributed by atoms with Gasteiger partial charge in [-0.05, 0) is 22.8 Å². The second-order valence-corrected chi connectivity index (χ2v) is 5.24. The fourth-order valence-electron chi connectivity index (χ4n) is 2.71. The molecule has 0 atom stereocenters. The predicted molar refractivity (Wildman–Crippen MR) is 69.0 cm³/mol. The molecule has 2 aromatic rings. The van der Waals surface area contributed by atoms with E-state index in [1.807, 2.05) is 12.1 Å². The van der Waals surface area contributed by atoms with Crippen molar-refractivity contribution in [3.8, 4) is 11.1 Å². The molecule has 1 aliphatic carbocycles. The van der Waals surface area contributed by atoms with Gasteiger partial charge in [0.05, 0.1) is 0 Å². The molecule has 16 heavy (non-hydrogen) atoms. The van der Waals surface area contributed by atoms with Crippen molar-refractivity contribution in [2.45, 2.75) is 19.3 Å². The lowest BCUT2D eigenvalue weighted by molar-refractivity contribution is 0.660. The van der Waals surface area contributed by atoms with Gasteiger partial charge in [0.2, 0.25) is 0 Å². The number of hydrogen-bond donors (Lipinski definition) is 0. The molecule has 0 heterocycles. The van der Waals surface area contributed by atoms with E-state index >= 15 is 0 Å². The summed E-state index contributed by atoms with van der Waals surface area (Å²) in [4.78, 5) is 0. The van der Waals surface area contributed by atoms with Crippen molar-refractivity contribution in [3.63, 3.8) is 0 Å². The molecule has 0 fully saturated rings. The summed E-state index contributed by atoms with van der Waals surface area (Å²) < 4.78 is 0. The van der Waals surface area contributed by atoms with Crippen LogP contribution in [-0.2, 0) is 5.41 Å². The molecule has 0 unspecified atom stereocenters. The smallest absolute Gasteiger partial charge is 0.0487 e. The van der Waals surface area contributed by atoms with Crippen LogP contribution in [0, 0.1) is 0 Å². The fourth-order valence-corrected chi connectivity index (χ4v) is 2.99. The van der Waals surface area contributed by atoms with Crippen LogP contribution in [0.15, 0.2) is 42.5 Å². The number of fused-ring (bicyclic) bond motifs is 3. The third kappa shape index (κ3) is 1.11. The van der Waals surface area contributed by atoms with Crippen LogP contribution in [0.2, 0.25) is 5.02 Å². The number of benzene rings is 2. The van der Waals surface area contributed by atoms with E-state index in [1.54, 1.807) is 0 Å². The van der Waals surface area contributed by atoms with Gasteiger partial charge < -0.3 is 0 Å². The standard InChI is InChI=1S/C15H13Cl/c1-15(2)11-7-4-3-6-10(11)14-12(15)8-5-9-13(14)16/h3-9H,1-2H3. The Morgan fingerprint density at radius 2 is 1.56 bits per heavy atom. The van der Waals surface area contributed by atoms with Gasteiger partial charge in [0.15, 0.2) is 0 Å². The second kappa shape index (κ2) is 3.11. The summed E-state index contributed by atoms with van der Waals surface area (Å²) in [6, 6.07) is 14.7. The largest absolute Gasteiger partial charge is 0.0837 e. The van der Waals surface area contributed by atoms with Crippen molar-refractivity contribution in [1.29, 1.82) is 0 Å². The molecule has 80 valence electrons. The summed E-state index contributed by atoms with van der Waals surface area (Å²) in [6.45, 7) is 4.52. The lowest BCUT2D eigenvalue weighted by atomic mass is 9.82. The third-order valence-electron chi connectivity index (χ3n) is 3.56. The molecule has 1 heteroatoms. The highest BCUT2D eigenvalue weighted by Gasteiger charge is 2.35. The molecular weight excluding hydrogens is 216 g/mol. The maximum absolute atomic E-state index is 6.32. The van der Waals surface area contributed by atoms with Gasteiger partial charge in [-0.2, -0.15) is 0 Å². The summed E-state index contributed by atoms with van der Waals surface area (Å²) in [6.07, 6.45) is 0. The Kier molecular flexibility index (Phi) is 1.93. The third-order valence-corrected chi connectivity index (χ3v) is 3.87. The van der Waals surface area contributed by atoms with E-state index in [1.165, 1.54) is 22.3 Å². The first-order valence-corrected chi connectivity index (χ1v) is 5.89. The fraction of sp³-hybridized carbons (Fsp3) is 0.200. The van der Waals surface area contributed by atoms with E-state index < -0.39 is 0 Å². The summed E-state index contributed by atoms with van der Waals surface area (Å²) >= 11 is 6.32. The molecule has 0 aromatic heterocycles. The van der Waals surface area contributed by atoms with Crippen LogP contribution in [0.1, 0.15) is 25.0 Å². The highest BCUT2D eigenvalue weighted by molar-refractivity contribution is 6.33. The summed E-state index contributed by atoms with van der Waals surface area (Å²) in [5.41, 5.74) is 5.27. The van der Waals surface area contributed by atoms with Crippen LogP contribution in [-0.4, -0.2) is 0 Å². The molecule has 0 saturated carbocycles. The van der Waals surface area contributed by atoms with Crippen LogP contribution >= 0.6 is 11.6 Å². The molecule has 1 aliphatic rings. The molecular formula is C15H13Cl. The molecule has 0 bridgehead atoms. The van der Waals surface area contributed by atoms with Crippen molar-refractivity contribution in [2.75, 3.05) is 0 Å². The minimum Gasteiger partial charge on any atom is -0.0837 e. The average Bonchev–Trinajstić information content (AvgIpc) is 2.51. The van der Waals surface area contributed by atoms with Crippen molar-refractivity contribution >= 4 is 11.6 Å². The van der Waals surface area contributed by atoms with Crippen molar-refractivity contribution in [2.24, 2.45) is 0 Å². The summed E-state index contributed by atoms with van der Waals surface area (Å²) in [5, 5.41) is 0.857. The average molecular weight is 229 g/mol. The Morgan fingerprint density at radius 3 is 2.38 bits per heavy atom. The Labute approximate surface area is 101 Å². The van der Waals surface area contributed by atoms with Gasteiger partial charge in [-0.1, -0.05) is 61.8 Å². The first-order chi connectivity index (χ1) is 7.62. The zero-order chi connectivity index (χ0) is 11.3. The van der Waals surface area contributed by atoms with E-state index in [2.05, 4.69) is 44.2 Å². The zero-order valence-corrected chi connectivity index (χ0v) is 10.2. The maximum Gasteiger partial charge on any atom is 0.0487 e. The molecule has 0 aliphatic heterocycles. The first-order valence-electron chi connectivity index (χ1n) is 5.51. The number of halogens is 1. The van der Waals surface area contributed by atoms with Gasteiger partial charge in [-0.25, -0.2) is 0 Å². The highest BCUT2D eigenvalue weighted by atomic mass is 35.5. The number of hydrogen-bond acceptors (Lipinski definition) is 0. The topological polar surface area (TPSA) is 0 Å². The van der Waals surface area contributed by atoms with E-state index in [-0.39, 0.29) is 5.41 Å². The Hall–Kier alpha value is -1.27. The molecule has 0 nitrogen and oxygen atoms in total. The van der Waals surface area contributed by atoms with Gasteiger partial charge in [0, 0.05) is 16.0 Å². The van der Waals surface area contributed by atoms with Gasteiger partial charge in [0.1, 0.15) is 0 Å². The lowest BCUT2D eigenvalue weighted by Crippen LogP contribution is -2.14. The molecule has 0 saturated heterocycles. The number of rotatable bonds is 0. The SMILES string of the molecule is CC1(C)c2ccccc2-c2c(Cl)cccc21. The van der Waals surface area contributed by atoms with Crippen LogP contribution in [0.4, 0.5) is 0 Å². The molecule has 0 N–H and O–H groups in total. The van der Waals surface area contributed by atoms with Gasteiger partial charge in [-0.3, -0.25) is 0 Å². The lowest BCUT2D eigenvalue weighted by Gasteiger charge is -2.21. The van der Waals surface area contributed by atoms with Crippen LogP contribution in [0.25, 0.3) is 11.1 Å². The van der Waals surface area contributed by atoms with Crippen LogP contribution in [0.5, 0.6) is 0 Å². The predicted octanol–water partition coefficient (Wildman–Crippen LogP) is 4.65. The summed E-state index contributed by atoms with van der Waals surface area (Å²) in [7, 11) is 0. The molecule has 3 rings (SSSR count). The molecule has 0 amide bonds. The van der Waals surface area contributed by atoms with Gasteiger partial charge in [0.25, 0.3) is 0 Å². The van der Waals surface area contributed by atoms with Crippen LogP contribution < -0.4 is 0 Å². The van der Waals surface area contributed by atoms with E-state index in [0.717, 1.165) is 5.02 Å². The Bertz CT molecular complexity index is 567. The van der Waals surface area contributed by atoms with Gasteiger partial charge >= 0.3 is 0 Å². The van der Waals surface area contributed by atoms with E-state index in [9.17, 15) is 0 Å². The van der Waals surface area contributed by atoms with E-state index in [4.69, 9.17) is 11.6 Å². The minimum absolute atomic E-state index is 0.0663. The van der Waals surface area contributed by atoms with Gasteiger partial charge in [-0.15, -0.1) is 0 Å². The van der Waals surface area contributed by atoms with Crippen molar-refractivity contribution in [1.82, 2.24) is 0 Å². The normalized spacial score (nSPS) is 15.7. The molecule has 0 spiro atoms. The minimum atomic E-state index is 0.0663.